The lowest BCUT2D eigenvalue weighted by Gasteiger charge is -2.07. The molecule has 0 spiro atoms. The van der Waals surface area contributed by atoms with Crippen molar-refractivity contribution in [1.29, 1.82) is 0 Å². The third-order valence-electron chi connectivity index (χ3n) is 3.19. The summed E-state index contributed by atoms with van der Waals surface area (Å²) in [4.78, 5) is 27.1. The number of anilines is 1. The van der Waals surface area contributed by atoms with E-state index in [1.165, 1.54) is 0 Å². The normalized spacial score (nSPS) is 10.3. The van der Waals surface area contributed by atoms with Gasteiger partial charge in [0.25, 0.3) is 5.91 Å². The van der Waals surface area contributed by atoms with Crippen LogP contribution >= 0.6 is 0 Å². The Balaban J connectivity index is 1.91. The van der Waals surface area contributed by atoms with Crippen molar-refractivity contribution in [2.24, 2.45) is 0 Å². The lowest BCUT2D eigenvalue weighted by atomic mass is 10.1. The number of carbonyl (C=O) groups is 2. The highest BCUT2D eigenvalue weighted by molar-refractivity contribution is 6.11. The lowest BCUT2D eigenvalue weighted by Crippen LogP contribution is -2.14. The number of hydrogen-bond donors (Lipinski definition) is 1. The van der Waals surface area contributed by atoms with E-state index in [0.29, 0.717) is 16.9 Å². The fourth-order valence-electron chi connectivity index (χ4n) is 2.14. The van der Waals surface area contributed by atoms with E-state index in [-0.39, 0.29) is 5.91 Å². The van der Waals surface area contributed by atoms with E-state index in [1.807, 2.05) is 30.3 Å². The van der Waals surface area contributed by atoms with Gasteiger partial charge < -0.3 is 5.32 Å². The Bertz CT molecular complexity index is 805. The van der Waals surface area contributed by atoms with Gasteiger partial charge in [0.1, 0.15) is 12.0 Å². The third-order valence-corrected chi connectivity index (χ3v) is 3.19. The number of nitrogens with one attached hydrogen (secondary N) is 1. The largest absolute Gasteiger partial charge is 0.321 e. The minimum Gasteiger partial charge on any atom is -0.321 e. The van der Waals surface area contributed by atoms with Crippen LogP contribution in [0.3, 0.4) is 0 Å². The monoisotopic (exact) mass is 276 g/mol. The molecule has 1 N–H and O–H groups in total. The summed E-state index contributed by atoms with van der Waals surface area (Å²) in [5.41, 5.74) is 1.57. The molecular formula is C17H12N2O2. The summed E-state index contributed by atoms with van der Waals surface area (Å²) in [7, 11) is 0. The number of amides is 1. The molecule has 0 saturated heterocycles. The standard InChI is InChI=1S/C17H12N2O2/c20-11-12-5-7-14(8-6-12)19-17(21)16-15-4-2-1-3-13(15)9-10-18-16/h1-11H,(H,19,21). The molecule has 102 valence electrons. The van der Waals surface area contributed by atoms with Crippen LogP contribution in [0.25, 0.3) is 10.8 Å². The second kappa shape index (κ2) is 5.54. The topological polar surface area (TPSA) is 59.1 Å². The Morgan fingerprint density at radius 3 is 2.52 bits per heavy atom. The zero-order chi connectivity index (χ0) is 14.7. The molecule has 1 aromatic heterocycles. The van der Waals surface area contributed by atoms with Crippen LogP contribution in [-0.2, 0) is 0 Å². The minimum absolute atomic E-state index is 0.273. The third kappa shape index (κ3) is 2.65. The Hall–Kier alpha value is -3.01. The summed E-state index contributed by atoms with van der Waals surface area (Å²) in [6.07, 6.45) is 2.38. The summed E-state index contributed by atoms with van der Waals surface area (Å²) in [5, 5.41) is 4.56. The predicted octanol–water partition coefficient (Wildman–Crippen LogP) is 3.30. The van der Waals surface area contributed by atoms with E-state index >= 15 is 0 Å². The van der Waals surface area contributed by atoms with Gasteiger partial charge in [-0.15, -0.1) is 0 Å². The number of aldehydes is 1. The maximum absolute atomic E-state index is 12.3. The fraction of sp³-hybridized carbons (Fsp3) is 0. The van der Waals surface area contributed by atoms with Gasteiger partial charge in [-0.3, -0.25) is 14.6 Å². The molecule has 0 bridgehead atoms. The number of aromatic nitrogens is 1. The molecule has 21 heavy (non-hydrogen) atoms. The molecule has 1 amide bonds. The zero-order valence-electron chi connectivity index (χ0n) is 11.1. The first-order chi connectivity index (χ1) is 10.3. The van der Waals surface area contributed by atoms with Gasteiger partial charge in [0.05, 0.1) is 0 Å². The molecule has 0 aliphatic heterocycles. The summed E-state index contributed by atoms with van der Waals surface area (Å²) in [5.74, 6) is -0.273. The number of rotatable bonds is 3. The lowest BCUT2D eigenvalue weighted by molar-refractivity contribution is 0.102. The van der Waals surface area contributed by atoms with E-state index in [1.54, 1.807) is 30.5 Å². The SMILES string of the molecule is O=Cc1ccc(NC(=O)c2nccc3ccccc23)cc1. The number of hydrogen-bond acceptors (Lipinski definition) is 3. The van der Waals surface area contributed by atoms with Gasteiger partial charge >= 0.3 is 0 Å². The van der Waals surface area contributed by atoms with Gasteiger partial charge in [-0.1, -0.05) is 24.3 Å². The first-order valence-electron chi connectivity index (χ1n) is 6.48. The molecule has 0 radical (unpaired) electrons. The summed E-state index contributed by atoms with van der Waals surface area (Å²) in [6.45, 7) is 0. The number of fused-ring (bicyclic) bond motifs is 1. The number of benzene rings is 2. The van der Waals surface area contributed by atoms with Crippen molar-refractivity contribution >= 4 is 28.7 Å². The van der Waals surface area contributed by atoms with Crippen molar-refractivity contribution in [1.82, 2.24) is 4.98 Å². The Morgan fingerprint density at radius 1 is 1.00 bits per heavy atom. The summed E-state index contributed by atoms with van der Waals surface area (Å²) < 4.78 is 0. The first-order valence-corrected chi connectivity index (χ1v) is 6.48. The van der Waals surface area contributed by atoms with Crippen LogP contribution in [0.1, 0.15) is 20.8 Å². The highest BCUT2D eigenvalue weighted by Gasteiger charge is 2.11. The van der Waals surface area contributed by atoms with Gasteiger partial charge in [0, 0.05) is 22.8 Å². The first kappa shape index (κ1) is 13.0. The second-order valence-electron chi connectivity index (χ2n) is 4.57. The Morgan fingerprint density at radius 2 is 1.76 bits per heavy atom. The van der Waals surface area contributed by atoms with E-state index < -0.39 is 0 Å². The highest BCUT2D eigenvalue weighted by atomic mass is 16.1. The van der Waals surface area contributed by atoms with Crippen LogP contribution < -0.4 is 5.32 Å². The molecule has 3 aromatic rings. The van der Waals surface area contributed by atoms with Gasteiger partial charge in [-0.2, -0.15) is 0 Å². The van der Waals surface area contributed by atoms with E-state index in [0.717, 1.165) is 17.1 Å². The van der Waals surface area contributed by atoms with Crippen LogP contribution in [0.2, 0.25) is 0 Å². The van der Waals surface area contributed by atoms with Crippen molar-refractivity contribution in [3.05, 3.63) is 72.1 Å². The van der Waals surface area contributed by atoms with E-state index in [2.05, 4.69) is 10.3 Å². The van der Waals surface area contributed by atoms with Crippen molar-refractivity contribution in [3.63, 3.8) is 0 Å². The molecule has 0 aliphatic carbocycles. The van der Waals surface area contributed by atoms with E-state index in [4.69, 9.17) is 0 Å². The van der Waals surface area contributed by atoms with Crippen molar-refractivity contribution < 1.29 is 9.59 Å². The van der Waals surface area contributed by atoms with Crippen molar-refractivity contribution in [2.75, 3.05) is 5.32 Å². The molecule has 0 aliphatic rings. The molecule has 1 heterocycles. The zero-order valence-corrected chi connectivity index (χ0v) is 11.1. The van der Waals surface area contributed by atoms with Crippen LogP contribution in [0, 0.1) is 0 Å². The highest BCUT2D eigenvalue weighted by Crippen LogP contribution is 2.18. The molecular weight excluding hydrogens is 264 g/mol. The molecule has 4 heteroatoms. The smallest absolute Gasteiger partial charge is 0.274 e. The molecule has 0 saturated carbocycles. The average molecular weight is 276 g/mol. The quantitative estimate of drug-likeness (QED) is 0.747. The average Bonchev–Trinajstić information content (AvgIpc) is 2.55. The van der Waals surface area contributed by atoms with Gasteiger partial charge in [-0.05, 0) is 35.7 Å². The number of nitrogens with zero attached hydrogens (tertiary/aromatic N) is 1. The van der Waals surface area contributed by atoms with Crippen molar-refractivity contribution in [3.8, 4) is 0 Å². The molecule has 4 nitrogen and oxygen atoms in total. The number of carbonyl (C=O) groups excluding carboxylic acids is 2. The maximum atomic E-state index is 12.3. The molecule has 0 fully saturated rings. The Labute approximate surface area is 121 Å². The van der Waals surface area contributed by atoms with Crippen molar-refractivity contribution in [2.45, 2.75) is 0 Å². The van der Waals surface area contributed by atoms with Crippen LogP contribution in [0.4, 0.5) is 5.69 Å². The second-order valence-corrected chi connectivity index (χ2v) is 4.57. The predicted molar refractivity (Wildman–Crippen MR) is 81.5 cm³/mol. The fourth-order valence-corrected chi connectivity index (χ4v) is 2.14. The van der Waals surface area contributed by atoms with Gasteiger partial charge in [0.2, 0.25) is 0 Å². The van der Waals surface area contributed by atoms with E-state index in [9.17, 15) is 9.59 Å². The summed E-state index contributed by atoms with van der Waals surface area (Å²) >= 11 is 0. The summed E-state index contributed by atoms with van der Waals surface area (Å²) in [6, 6.07) is 16.1. The Kier molecular flexibility index (Phi) is 3.43. The van der Waals surface area contributed by atoms with Crippen LogP contribution in [0.5, 0.6) is 0 Å². The number of pyridine rings is 1. The minimum atomic E-state index is -0.273. The van der Waals surface area contributed by atoms with Gasteiger partial charge in [0.15, 0.2) is 0 Å². The maximum Gasteiger partial charge on any atom is 0.274 e. The molecule has 3 rings (SSSR count). The van der Waals surface area contributed by atoms with Gasteiger partial charge in [-0.25, -0.2) is 0 Å². The molecule has 0 atom stereocenters. The molecule has 0 unspecified atom stereocenters. The molecule has 2 aromatic carbocycles. The van der Waals surface area contributed by atoms with Crippen LogP contribution in [0.15, 0.2) is 60.8 Å². The van der Waals surface area contributed by atoms with Crippen LogP contribution in [-0.4, -0.2) is 17.2 Å².